The molecule has 1 fully saturated rings. The van der Waals surface area contributed by atoms with Gasteiger partial charge in [0.1, 0.15) is 9.86 Å². The van der Waals surface area contributed by atoms with E-state index in [2.05, 4.69) is 0 Å². The van der Waals surface area contributed by atoms with E-state index >= 15 is 0 Å². The van der Waals surface area contributed by atoms with E-state index in [0.29, 0.717) is 9.88 Å². The van der Waals surface area contributed by atoms with Gasteiger partial charge in [-0.3, -0.25) is 10.1 Å². The molecule has 1 saturated heterocycles. The van der Waals surface area contributed by atoms with Gasteiger partial charge in [-0.05, 0) is 31.7 Å². The molecule has 0 aromatic heterocycles. The Morgan fingerprint density at radius 3 is 2.62 bits per heavy atom. The Morgan fingerprint density at radius 1 is 1.43 bits per heavy atom. The molecule has 21 heavy (non-hydrogen) atoms. The van der Waals surface area contributed by atoms with E-state index in [0.717, 1.165) is 4.74 Å². The third-order valence-electron chi connectivity index (χ3n) is 3.54. The number of hydroxylamine groups is 1. The van der Waals surface area contributed by atoms with Crippen molar-refractivity contribution in [3.63, 3.8) is 0 Å². The van der Waals surface area contributed by atoms with Crippen LogP contribution in [0.15, 0.2) is 24.3 Å². The van der Waals surface area contributed by atoms with Crippen molar-refractivity contribution < 1.29 is 9.66 Å². The highest BCUT2D eigenvalue weighted by Gasteiger charge is 2.48. The van der Waals surface area contributed by atoms with Gasteiger partial charge in [-0.2, -0.15) is 4.74 Å². The Hall–Kier alpha value is -1.67. The quantitative estimate of drug-likeness (QED) is 0.212. The number of likely N-dealkylation sites (N-methyl/N-ethyl adjacent to an activating group) is 1. The molecule has 0 saturated carbocycles. The summed E-state index contributed by atoms with van der Waals surface area (Å²) in [4.78, 5) is 12.2. The molecule has 6 nitrogen and oxygen atoms in total. The van der Waals surface area contributed by atoms with E-state index in [-0.39, 0.29) is 5.69 Å². The Kier molecular flexibility index (Phi) is 4.20. The van der Waals surface area contributed by atoms with Crippen LogP contribution in [0.4, 0.5) is 5.69 Å². The molecule has 0 aliphatic carbocycles. The lowest BCUT2D eigenvalue weighted by Crippen LogP contribution is -2.47. The number of hydrogen-bond donors (Lipinski definition) is 0. The second-order valence-electron chi connectivity index (χ2n) is 5.29. The summed E-state index contributed by atoms with van der Waals surface area (Å²) in [6, 6.07) is 5.98. The minimum Gasteiger partial charge on any atom is -0.623 e. The first-order valence-corrected chi connectivity index (χ1v) is 7.51. The largest absolute Gasteiger partial charge is 0.623 e. The number of nitrogens with zero attached hydrogens (tertiary/aromatic N) is 3. The number of benzene rings is 1. The molecule has 0 radical (unpaired) electrons. The molecule has 0 bridgehead atoms. The summed E-state index contributed by atoms with van der Waals surface area (Å²) in [5.41, 5.74) is 0.0416. The summed E-state index contributed by atoms with van der Waals surface area (Å²) in [5.74, 6) is 0. The first-order valence-electron chi connectivity index (χ1n) is 6.22. The fourth-order valence-electron chi connectivity index (χ4n) is 2.02. The topological polar surface area (TPSA) is 72.5 Å². The first kappa shape index (κ1) is 15.7. The van der Waals surface area contributed by atoms with Crippen molar-refractivity contribution >= 4 is 40.2 Å². The fourth-order valence-corrected chi connectivity index (χ4v) is 3.72. The first-order chi connectivity index (χ1) is 9.73. The van der Waals surface area contributed by atoms with Crippen molar-refractivity contribution in [1.29, 1.82) is 0 Å². The van der Waals surface area contributed by atoms with Gasteiger partial charge in [-0.1, -0.05) is 18.3 Å². The summed E-state index contributed by atoms with van der Waals surface area (Å²) in [5, 5.41) is 22.7. The lowest BCUT2D eigenvalue weighted by Gasteiger charge is -2.30. The zero-order valence-corrected chi connectivity index (χ0v) is 13.5. The molecule has 1 heterocycles. The lowest BCUT2D eigenvalue weighted by molar-refractivity contribution is -0.480. The molecule has 0 amide bonds. The van der Waals surface area contributed by atoms with Crippen LogP contribution in [-0.2, 0) is 0 Å². The zero-order valence-electron chi connectivity index (χ0n) is 11.8. The number of non-ortho nitro benzene ring substituents is 1. The Bertz CT molecular complexity index is 631. The van der Waals surface area contributed by atoms with E-state index in [4.69, 9.17) is 12.2 Å². The average Bonchev–Trinajstić information content (AvgIpc) is 2.62. The van der Waals surface area contributed by atoms with E-state index in [1.54, 1.807) is 12.1 Å². The Balaban J connectivity index is 2.32. The molecule has 1 aromatic carbocycles. The van der Waals surface area contributed by atoms with E-state index in [1.807, 2.05) is 25.8 Å². The molecule has 8 heteroatoms. The summed E-state index contributed by atoms with van der Waals surface area (Å²) < 4.78 is 1.48. The van der Waals surface area contributed by atoms with E-state index in [9.17, 15) is 15.3 Å². The molecule has 1 aliphatic heterocycles. The zero-order chi connectivity index (χ0) is 15.8. The van der Waals surface area contributed by atoms with Crippen LogP contribution in [0.1, 0.15) is 19.4 Å². The second-order valence-corrected chi connectivity index (χ2v) is 7.00. The monoisotopic (exact) mass is 325 g/mol. The highest BCUT2D eigenvalue weighted by Crippen LogP contribution is 2.38. The minimum atomic E-state index is -0.482. The van der Waals surface area contributed by atoms with Gasteiger partial charge in [0.2, 0.25) is 5.37 Å². The van der Waals surface area contributed by atoms with Crippen LogP contribution in [0.3, 0.4) is 0 Å². The minimum absolute atomic E-state index is 0.0388. The van der Waals surface area contributed by atoms with Crippen molar-refractivity contribution in [2.75, 3.05) is 7.05 Å². The van der Waals surface area contributed by atoms with Crippen LogP contribution in [0.5, 0.6) is 0 Å². The highest BCUT2D eigenvalue weighted by atomic mass is 32.2. The van der Waals surface area contributed by atoms with E-state index in [1.165, 1.54) is 30.1 Å². The molecule has 1 unspecified atom stereocenters. The van der Waals surface area contributed by atoms with Crippen molar-refractivity contribution in [1.82, 2.24) is 4.90 Å². The van der Waals surface area contributed by atoms with Crippen LogP contribution in [-0.4, -0.2) is 43.1 Å². The SMILES string of the molecule is CN1C(=S)SC(/[N+]([O-])=C/c2cccc([N+](=O)[O-])c2)C1(C)C. The Labute approximate surface area is 132 Å². The van der Waals surface area contributed by atoms with Gasteiger partial charge >= 0.3 is 0 Å². The van der Waals surface area contributed by atoms with Gasteiger partial charge in [0.15, 0.2) is 6.21 Å². The van der Waals surface area contributed by atoms with Gasteiger partial charge < -0.3 is 10.1 Å². The van der Waals surface area contributed by atoms with Crippen LogP contribution in [0.25, 0.3) is 0 Å². The number of thioether (sulfide) groups is 1. The molecule has 0 N–H and O–H groups in total. The van der Waals surface area contributed by atoms with Gasteiger partial charge in [-0.25, -0.2) is 0 Å². The van der Waals surface area contributed by atoms with Gasteiger partial charge in [0.05, 0.1) is 4.92 Å². The van der Waals surface area contributed by atoms with Crippen LogP contribution < -0.4 is 0 Å². The molecule has 2 rings (SSSR count). The normalized spacial score (nSPS) is 21.7. The number of hydrogen-bond acceptors (Lipinski definition) is 5. The average molecular weight is 325 g/mol. The third-order valence-corrected chi connectivity index (χ3v) is 5.59. The van der Waals surface area contributed by atoms with E-state index < -0.39 is 15.8 Å². The maximum Gasteiger partial charge on any atom is 0.270 e. The van der Waals surface area contributed by atoms with Crippen molar-refractivity contribution in [3.8, 4) is 0 Å². The molecular weight excluding hydrogens is 310 g/mol. The second kappa shape index (κ2) is 5.61. The standard InChI is InChI=1S/C13H15N3O3S2/c1-13(2)11(21-12(20)14(13)3)15(17)8-9-5-4-6-10(7-9)16(18)19/h4-8,11H,1-3H3/b15-8-. The molecule has 1 aromatic rings. The van der Waals surface area contributed by atoms with Crippen LogP contribution in [0.2, 0.25) is 0 Å². The molecule has 0 spiro atoms. The number of thiocarbonyl (C=S) groups is 1. The number of rotatable bonds is 3. The predicted molar refractivity (Wildman–Crippen MR) is 87.7 cm³/mol. The lowest BCUT2D eigenvalue weighted by atomic mass is 10.0. The summed E-state index contributed by atoms with van der Waals surface area (Å²) >= 11 is 6.55. The number of nitro benzene ring substituents is 1. The molecule has 112 valence electrons. The summed E-state index contributed by atoms with van der Waals surface area (Å²) in [6.07, 6.45) is 1.37. The van der Waals surface area contributed by atoms with Crippen molar-refractivity contribution in [2.45, 2.75) is 24.8 Å². The smallest absolute Gasteiger partial charge is 0.270 e. The van der Waals surface area contributed by atoms with Crippen molar-refractivity contribution in [2.24, 2.45) is 0 Å². The molecule has 1 atom stereocenters. The van der Waals surface area contributed by atoms with Crippen LogP contribution >= 0.6 is 24.0 Å². The van der Waals surface area contributed by atoms with Gasteiger partial charge in [-0.15, -0.1) is 0 Å². The summed E-state index contributed by atoms with van der Waals surface area (Å²) in [6.45, 7) is 3.88. The fraction of sp³-hybridized carbons (Fsp3) is 0.385. The summed E-state index contributed by atoms with van der Waals surface area (Å²) in [7, 11) is 1.86. The van der Waals surface area contributed by atoms with Gasteiger partial charge in [0, 0.05) is 24.7 Å². The third kappa shape index (κ3) is 3.01. The maximum atomic E-state index is 12.4. The van der Waals surface area contributed by atoms with Crippen LogP contribution in [0, 0.1) is 15.3 Å². The van der Waals surface area contributed by atoms with Crippen molar-refractivity contribution in [3.05, 3.63) is 45.2 Å². The highest BCUT2D eigenvalue weighted by molar-refractivity contribution is 8.23. The maximum absolute atomic E-state index is 12.4. The van der Waals surface area contributed by atoms with Gasteiger partial charge in [0.25, 0.3) is 5.69 Å². The Morgan fingerprint density at radius 2 is 2.10 bits per heavy atom. The number of nitro groups is 1. The molecular formula is C13H15N3O3S2. The predicted octanol–water partition coefficient (Wildman–Crippen LogP) is 2.59. The molecule has 1 aliphatic rings.